The molecule has 0 aromatic carbocycles. The molecule has 0 aliphatic heterocycles. The van der Waals surface area contributed by atoms with Crippen molar-refractivity contribution in [1.29, 1.82) is 0 Å². The van der Waals surface area contributed by atoms with E-state index >= 15 is 0 Å². The fraction of sp³-hybridized carbons (Fsp3) is 0.462. The van der Waals surface area contributed by atoms with Crippen LogP contribution in [0.4, 0.5) is 0 Å². The van der Waals surface area contributed by atoms with Crippen LogP contribution in [0.1, 0.15) is 31.7 Å². The van der Waals surface area contributed by atoms with E-state index < -0.39 is 0 Å². The van der Waals surface area contributed by atoms with Crippen LogP contribution in [0.15, 0.2) is 29.5 Å². The molecule has 2 heterocycles. The maximum absolute atomic E-state index is 12.3. The third kappa shape index (κ3) is 1.90. The maximum Gasteiger partial charge on any atom is 0.280 e. The van der Waals surface area contributed by atoms with Crippen molar-refractivity contribution in [1.82, 2.24) is 14.5 Å². The molecular weight excluding hydrogens is 230 g/mol. The van der Waals surface area contributed by atoms with Crippen molar-refractivity contribution in [3.63, 3.8) is 0 Å². The molecule has 0 amide bonds. The molecule has 5 heteroatoms. The van der Waals surface area contributed by atoms with Gasteiger partial charge in [0, 0.05) is 12.2 Å². The van der Waals surface area contributed by atoms with Gasteiger partial charge in [-0.2, -0.15) is 0 Å². The van der Waals surface area contributed by atoms with E-state index in [0.29, 0.717) is 11.0 Å². The van der Waals surface area contributed by atoms with Crippen LogP contribution >= 0.6 is 0 Å². The zero-order valence-electron chi connectivity index (χ0n) is 9.99. The average molecular weight is 245 g/mol. The molecule has 0 saturated heterocycles. The molecule has 0 unspecified atom stereocenters. The number of hydrogen-bond donors (Lipinski definition) is 1. The summed E-state index contributed by atoms with van der Waals surface area (Å²) in [4.78, 5) is 20.7. The summed E-state index contributed by atoms with van der Waals surface area (Å²) < 4.78 is 1.67. The summed E-state index contributed by atoms with van der Waals surface area (Å²) in [5, 5.41) is 9.50. The molecule has 0 spiro atoms. The van der Waals surface area contributed by atoms with Crippen molar-refractivity contribution in [2.45, 2.75) is 37.8 Å². The minimum atomic E-state index is -0.219. The highest BCUT2D eigenvalue weighted by Crippen LogP contribution is 2.27. The van der Waals surface area contributed by atoms with Crippen molar-refractivity contribution in [2.75, 3.05) is 0 Å². The normalized spacial score (nSPS) is 24.3. The SMILES string of the molecule is O=c1c2ncccc2ncn1C1CCC(O)CC1. The molecule has 0 atom stereocenters. The van der Waals surface area contributed by atoms with Crippen LogP contribution in [-0.4, -0.2) is 25.7 Å². The number of nitrogens with zero attached hydrogens (tertiary/aromatic N) is 3. The Morgan fingerprint density at radius 3 is 2.78 bits per heavy atom. The fourth-order valence-electron chi connectivity index (χ4n) is 2.56. The molecule has 1 fully saturated rings. The summed E-state index contributed by atoms with van der Waals surface area (Å²) in [5.74, 6) is 0. The Morgan fingerprint density at radius 1 is 1.22 bits per heavy atom. The summed E-state index contributed by atoms with van der Waals surface area (Å²) >= 11 is 0. The van der Waals surface area contributed by atoms with Gasteiger partial charge in [0.25, 0.3) is 5.56 Å². The molecule has 18 heavy (non-hydrogen) atoms. The first-order chi connectivity index (χ1) is 8.75. The number of aliphatic hydroxyl groups is 1. The first kappa shape index (κ1) is 11.3. The quantitative estimate of drug-likeness (QED) is 0.821. The highest BCUT2D eigenvalue weighted by Gasteiger charge is 2.22. The number of aromatic nitrogens is 3. The predicted octanol–water partition coefficient (Wildman–Crippen LogP) is 1.27. The number of fused-ring (bicyclic) bond motifs is 1. The standard InChI is InChI=1S/C13H15N3O2/c17-10-5-3-9(4-6-10)16-8-15-11-2-1-7-14-12(11)13(16)18/h1-2,7-10,17H,3-6H2. The van der Waals surface area contributed by atoms with Gasteiger partial charge in [-0.1, -0.05) is 0 Å². The smallest absolute Gasteiger partial charge is 0.280 e. The van der Waals surface area contributed by atoms with E-state index in [1.54, 1.807) is 29.2 Å². The fourth-order valence-corrected chi connectivity index (χ4v) is 2.56. The van der Waals surface area contributed by atoms with Gasteiger partial charge in [0.05, 0.1) is 17.9 Å². The lowest BCUT2D eigenvalue weighted by Crippen LogP contribution is -2.29. The molecule has 2 aromatic heterocycles. The van der Waals surface area contributed by atoms with Gasteiger partial charge in [-0.15, -0.1) is 0 Å². The second-order valence-corrected chi connectivity index (χ2v) is 4.79. The Kier molecular flexibility index (Phi) is 2.83. The molecule has 1 N–H and O–H groups in total. The largest absolute Gasteiger partial charge is 0.393 e. The molecule has 94 valence electrons. The van der Waals surface area contributed by atoms with Crippen LogP contribution in [0.3, 0.4) is 0 Å². The summed E-state index contributed by atoms with van der Waals surface area (Å²) in [6.07, 6.45) is 6.13. The van der Waals surface area contributed by atoms with E-state index in [2.05, 4.69) is 9.97 Å². The minimum absolute atomic E-state index is 0.0815. The van der Waals surface area contributed by atoms with Gasteiger partial charge in [-0.3, -0.25) is 9.36 Å². The summed E-state index contributed by atoms with van der Waals surface area (Å²) in [7, 11) is 0. The lowest BCUT2D eigenvalue weighted by atomic mass is 9.93. The third-order valence-corrected chi connectivity index (χ3v) is 3.60. The van der Waals surface area contributed by atoms with Crippen LogP contribution in [0, 0.1) is 0 Å². The molecule has 1 saturated carbocycles. The third-order valence-electron chi connectivity index (χ3n) is 3.60. The lowest BCUT2D eigenvalue weighted by molar-refractivity contribution is 0.110. The van der Waals surface area contributed by atoms with Crippen LogP contribution in [-0.2, 0) is 0 Å². The Bertz CT molecular complexity index is 615. The lowest BCUT2D eigenvalue weighted by Gasteiger charge is -2.26. The number of hydrogen-bond acceptors (Lipinski definition) is 4. The zero-order chi connectivity index (χ0) is 12.5. The molecule has 3 rings (SSSR count). The van der Waals surface area contributed by atoms with Crippen LogP contribution in [0.5, 0.6) is 0 Å². The van der Waals surface area contributed by atoms with Gasteiger partial charge in [0.15, 0.2) is 5.52 Å². The molecule has 1 aliphatic carbocycles. The van der Waals surface area contributed by atoms with Crippen molar-refractivity contribution in [3.8, 4) is 0 Å². The van der Waals surface area contributed by atoms with Gasteiger partial charge in [0.1, 0.15) is 0 Å². The number of rotatable bonds is 1. The van der Waals surface area contributed by atoms with Gasteiger partial charge >= 0.3 is 0 Å². The van der Waals surface area contributed by atoms with E-state index in [-0.39, 0.29) is 17.7 Å². The van der Waals surface area contributed by atoms with Crippen LogP contribution in [0.25, 0.3) is 11.0 Å². The summed E-state index contributed by atoms with van der Waals surface area (Å²) in [5.41, 5.74) is 0.975. The van der Waals surface area contributed by atoms with E-state index in [4.69, 9.17) is 0 Å². The van der Waals surface area contributed by atoms with E-state index in [9.17, 15) is 9.90 Å². The molecule has 1 aliphatic rings. The second kappa shape index (κ2) is 4.49. The van der Waals surface area contributed by atoms with Crippen molar-refractivity contribution in [2.24, 2.45) is 0 Å². The molecule has 2 aromatic rings. The first-order valence-electron chi connectivity index (χ1n) is 6.25. The Labute approximate surface area is 104 Å². The highest BCUT2D eigenvalue weighted by atomic mass is 16.3. The molecule has 5 nitrogen and oxygen atoms in total. The van der Waals surface area contributed by atoms with Gasteiger partial charge in [0.2, 0.25) is 0 Å². The van der Waals surface area contributed by atoms with E-state index in [1.165, 1.54) is 0 Å². The van der Waals surface area contributed by atoms with Crippen molar-refractivity contribution >= 4 is 11.0 Å². The zero-order valence-corrected chi connectivity index (χ0v) is 9.99. The topological polar surface area (TPSA) is 68.0 Å². The minimum Gasteiger partial charge on any atom is -0.393 e. The summed E-state index contributed by atoms with van der Waals surface area (Å²) in [6, 6.07) is 3.70. The second-order valence-electron chi connectivity index (χ2n) is 4.79. The number of aliphatic hydroxyl groups excluding tert-OH is 1. The highest BCUT2D eigenvalue weighted by molar-refractivity contribution is 5.71. The Hall–Kier alpha value is -1.75. The van der Waals surface area contributed by atoms with Crippen molar-refractivity contribution in [3.05, 3.63) is 35.0 Å². The predicted molar refractivity (Wildman–Crippen MR) is 67.3 cm³/mol. The van der Waals surface area contributed by atoms with Gasteiger partial charge in [-0.25, -0.2) is 9.97 Å². The van der Waals surface area contributed by atoms with Crippen molar-refractivity contribution < 1.29 is 5.11 Å². The average Bonchev–Trinajstić information content (AvgIpc) is 2.41. The summed E-state index contributed by atoms with van der Waals surface area (Å²) in [6.45, 7) is 0. The maximum atomic E-state index is 12.3. The monoisotopic (exact) mass is 245 g/mol. The van der Waals surface area contributed by atoms with Gasteiger partial charge in [-0.05, 0) is 37.8 Å². The molecule has 0 radical (unpaired) electrons. The Balaban J connectivity index is 2.02. The molecular formula is C13H15N3O2. The number of pyridine rings is 1. The van der Waals surface area contributed by atoms with Crippen LogP contribution < -0.4 is 5.56 Å². The first-order valence-corrected chi connectivity index (χ1v) is 6.25. The van der Waals surface area contributed by atoms with Crippen LogP contribution in [0.2, 0.25) is 0 Å². The Morgan fingerprint density at radius 2 is 2.00 bits per heavy atom. The molecule has 0 bridgehead atoms. The van der Waals surface area contributed by atoms with E-state index in [1.807, 2.05) is 0 Å². The van der Waals surface area contributed by atoms with Gasteiger partial charge < -0.3 is 5.11 Å². The van der Waals surface area contributed by atoms with E-state index in [0.717, 1.165) is 25.7 Å².